The van der Waals surface area contributed by atoms with Gasteiger partial charge in [-0.3, -0.25) is 4.99 Å². The summed E-state index contributed by atoms with van der Waals surface area (Å²) < 4.78 is 36.8. The number of guanidine groups is 1. The van der Waals surface area contributed by atoms with Gasteiger partial charge in [-0.15, -0.1) is 0 Å². The van der Waals surface area contributed by atoms with E-state index in [4.69, 9.17) is 9.47 Å². The Labute approximate surface area is 169 Å². The maximum Gasteiger partial charge on any atom is 0.209 e. The lowest BCUT2D eigenvalue weighted by Gasteiger charge is -2.27. The van der Waals surface area contributed by atoms with E-state index in [2.05, 4.69) is 20.3 Å². The van der Waals surface area contributed by atoms with E-state index in [1.807, 2.05) is 39.0 Å². The minimum atomic E-state index is -3.30. The normalized spacial score (nSPS) is 13.8. The summed E-state index contributed by atoms with van der Waals surface area (Å²) in [5.74, 6) is 2.00. The smallest absolute Gasteiger partial charge is 0.209 e. The summed E-state index contributed by atoms with van der Waals surface area (Å²) in [6.45, 7) is 11.0. The van der Waals surface area contributed by atoms with Gasteiger partial charge in [-0.05, 0) is 52.3 Å². The van der Waals surface area contributed by atoms with E-state index < -0.39 is 15.6 Å². The van der Waals surface area contributed by atoms with Crippen LogP contribution in [0.15, 0.2) is 23.2 Å². The number of hydrogen-bond donors (Lipinski definition) is 3. The van der Waals surface area contributed by atoms with Crippen molar-refractivity contribution in [1.82, 2.24) is 15.4 Å². The van der Waals surface area contributed by atoms with Crippen LogP contribution in [-0.2, 0) is 10.0 Å². The molecule has 0 heterocycles. The van der Waals surface area contributed by atoms with Crippen molar-refractivity contribution < 1.29 is 17.9 Å². The molecular weight excluding hydrogens is 380 g/mol. The molecular formula is C19H34N4O4S. The lowest BCUT2D eigenvalue weighted by molar-refractivity contribution is 0.287. The van der Waals surface area contributed by atoms with Gasteiger partial charge in [-0.2, -0.15) is 0 Å². The standard InChI is InChI=1S/C19H34N4O4S/c1-8-26-16-11-10-15(12-17(16)27-9-2)14(3)22-18(20-6)21-13-19(4,5)23-28(7,24)25/h10-12,14,23H,8-9,13H2,1-7H3,(H2,20,21,22). The van der Waals surface area contributed by atoms with E-state index >= 15 is 0 Å². The van der Waals surface area contributed by atoms with Crippen LogP contribution in [0.5, 0.6) is 11.5 Å². The second-order valence-corrected chi connectivity index (χ2v) is 8.87. The Bertz CT molecular complexity index is 763. The van der Waals surface area contributed by atoms with Gasteiger partial charge in [0.1, 0.15) is 0 Å². The second kappa shape index (κ2) is 10.5. The molecule has 0 bridgehead atoms. The van der Waals surface area contributed by atoms with Crippen molar-refractivity contribution in [2.75, 3.05) is 33.1 Å². The number of nitrogens with zero attached hydrogens (tertiary/aromatic N) is 1. The zero-order chi connectivity index (χ0) is 21.4. The second-order valence-electron chi connectivity index (χ2n) is 7.12. The highest BCUT2D eigenvalue weighted by Gasteiger charge is 2.22. The predicted octanol–water partition coefficient (Wildman–Crippen LogP) is 2.04. The van der Waals surface area contributed by atoms with Crippen LogP contribution in [0.4, 0.5) is 0 Å². The van der Waals surface area contributed by atoms with Gasteiger partial charge in [0.05, 0.1) is 25.5 Å². The Hall–Kier alpha value is -2.00. The minimum Gasteiger partial charge on any atom is -0.490 e. The summed E-state index contributed by atoms with van der Waals surface area (Å²) in [4.78, 5) is 4.22. The average Bonchev–Trinajstić information content (AvgIpc) is 2.58. The number of benzene rings is 1. The van der Waals surface area contributed by atoms with Gasteiger partial charge in [0.25, 0.3) is 0 Å². The van der Waals surface area contributed by atoms with Crippen LogP contribution >= 0.6 is 0 Å². The summed E-state index contributed by atoms with van der Waals surface area (Å²) in [7, 11) is -1.63. The summed E-state index contributed by atoms with van der Waals surface area (Å²) >= 11 is 0. The van der Waals surface area contributed by atoms with Gasteiger partial charge < -0.3 is 20.1 Å². The Kier molecular flexibility index (Phi) is 9.03. The zero-order valence-corrected chi connectivity index (χ0v) is 18.7. The van der Waals surface area contributed by atoms with Crippen LogP contribution in [-0.4, -0.2) is 53.0 Å². The minimum absolute atomic E-state index is 0.0490. The van der Waals surface area contributed by atoms with Crippen molar-refractivity contribution in [3.8, 4) is 11.5 Å². The number of rotatable bonds is 10. The first-order valence-electron chi connectivity index (χ1n) is 9.37. The fraction of sp³-hybridized carbons (Fsp3) is 0.632. The molecule has 28 heavy (non-hydrogen) atoms. The van der Waals surface area contributed by atoms with Crippen molar-refractivity contribution in [3.05, 3.63) is 23.8 Å². The number of nitrogens with one attached hydrogen (secondary N) is 3. The van der Waals surface area contributed by atoms with E-state index in [1.54, 1.807) is 20.9 Å². The highest BCUT2D eigenvalue weighted by Crippen LogP contribution is 2.30. The molecule has 0 saturated carbocycles. The van der Waals surface area contributed by atoms with Crippen LogP contribution in [0.3, 0.4) is 0 Å². The van der Waals surface area contributed by atoms with Crippen molar-refractivity contribution in [3.63, 3.8) is 0 Å². The summed E-state index contributed by atoms with van der Waals surface area (Å²) in [5.41, 5.74) is 0.360. The first-order chi connectivity index (χ1) is 13.0. The van der Waals surface area contributed by atoms with E-state index in [-0.39, 0.29) is 6.04 Å². The van der Waals surface area contributed by atoms with Crippen LogP contribution in [0.2, 0.25) is 0 Å². The molecule has 1 aromatic carbocycles. The third-order valence-corrected chi connectivity index (χ3v) is 4.73. The molecule has 0 fully saturated rings. The lowest BCUT2D eigenvalue weighted by Crippen LogP contribution is -2.53. The third-order valence-electron chi connectivity index (χ3n) is 3.80. The molecule has 9 heteroatoms. The third kappa shape index (κ3) is 8.35. The number of aliphatic imine (C=N–C) groups is 1. The molecule has 1 unspecified atom stereocenters. The molecule has 160 valence electrons. The van der Waals surface area contributed by atoms with Gasteiger partial charge in [-0.25, -0.2) is 13.1 Å². The maximum atomic E-state index is 11.5. The molecule has 1 atom stereocenters. The van der Waals surface area contributed by atoms with E-state index in [0.29, 0.717) is 31.5 Å². The molecule has 0 aromatic heterocycles. The highest BCUT2D eigenvalue weighted by molar-refractivity contribution is 7.88. The molecule has 0 spiro atoms. The fourth-order valence-electron chi connectivity index (χ4n) is 2.66. The molecule has 0 aliphatic heterocycles. The quantitative estimate of drug-likeness (QED) is 0.400. The molecule has 0 aliphatic carbocycles. The Morgan fingerprint density at radius 3 is 2.32 bits per heavy atom. The number of sulfonamides is 1. The number of hydrogen-bond acceptors (Lipinski definition) is 5. The Morgan fingerprint density at radius 1 is 1.18 bits per heavy atom. The van der Waals surface area contributed by atoms with Crippen LogP contribution < -0.4 is 24.8 Å². The zero-order valence-electron chi connectivity index (χ0n) is 17.9. The molecule has 0 amide bonds. The summed E-state index contributed by atoms with van der Waals surface area (Å²) in [6.07, 6.45) is 1.14. The summed E-state index contributed by atoms with van der Waals surface area (Å²) in [5, 5.41) is 6.46. The fourth-order valence-corrected chi connectivity index (χ4v) is 3.74. The van der Waals surface area contributed by atoms with Gasteiger partial charge in [0.15, 0.2) is 17.5 Å². The average molecular weight is 415 g/mol. The molecule has 0 aliphatic rings. The van der Waals surface area contributed by atoms with Crippen molar-refractivity contribution in [2.24, 2.45) is 4.99 Å². The van der Waals surface area contributed by atoms with Crippen LogP contribution in [0.25, 0.3) is 0 Å². The van der Waals surface area contributed by atoms with Crippen LogP contribution in [0.1, 0.15) is 46.2 Å². The topological polar surface area (TPSA) is 101 Å². The molecule has 1 rings (SSSR count). The number of ether oxygens (including phenoxy) is 2. The SMILES string of the molecule is CCOc1ccc(C(C)NC(=NC)NCC(C)(C)NS(C)(=O)=O)cc1OCC. The van der Waals surface area contributed by atoms with E-state index in [0.717, 1.165) is 17.6 Å². The van der Waals surface area contributed by atoms with Crippen molar-refractivity contribution in [2.45, 2.75) is 46.2 Å². The summed E-state index contributed by atoms with van der Waals surface area (Å²) in [6, 6.07) is 5.78. The first-order valence-corrected chi connectivity index (χ1v) is 11.3. The predicted molar refractivity (Wildman–Crippen MR) is 114 cm³/mol. The molecule has 0 radical (unpaired) electrons. The van der Waals surface area contributed by atoms with Crippen LogP contribution in [0, 0.1) is 0 Å². The molecule has 3 N–H and O–H groups in total. The first kappa shape index (κ1) is 24.0. The molecule has 8 nitrogen and oxygen atoms in total. The monoisotopic (exact) mass is 414 g/mol. The van der Waals surface area contributed by atoms with Gasteiger partial charge in [0, 0.05) is 19.1 Å². The largest absolute Gasteiger partial charge is 0.490 e. The molecule has 1 aromatic rings. The van der Waals surface area contributed by atoms with Gasteiger partial charge in [0.2, 0.25) is 10.0 Å². The Morgan fingerprint density at radius 2 is 1.79 bits per heavy atom. The molecule has 0 saturated heterocycles. The van der Waals surface area contributed by atoms with E-state index in [1.165, 1.54) is 0 Å². The highest BCUT2D eigenvalue weighted by atomic mass is 32.2. The maximum absolute atomic E-state index is 11.5. The van der Waals surface area contributed by atoms with Crippen molar-refractivity contribution >= 4 is 16.0 Å². The Balaban J connectivity index is 2.81. The van der Waals surface area contributed by atoms with Gasteiger partial charge >= 0.3 is 0 Å². The van der Waals surface area contributed by atoms with Crippen molar-refractivity contribution in [1.29, 1.82) is 0 Å². The lowest BCUT2D eigenvalue weighted by atomic mass is 10.1. The van der Waals surface area contributed by atoms with Gasteiger partial charge in [-0.1, -0.05) is 6.07 Å². The van der Waals surface area contributed by atoms with E-state index in [9.17, 15) is 8.42 Å².